The molecule has 1 atom stereocenters. The van der Waals surface area contributed by atoms with E-state index in [0.717, 1.165) is 9.87 Å². The predicted molar refractivity (Wildman–Crippen MR) is 199 cm³/mol. The Morgan fingerprint density at radius 1 is 0.692 bits per heavy atom. The molecule has 0 aliphatic carbocycles. The van der Waals surface area contributed by atoms with Crippen LogP contribution in [-0.2, 0) is 32.6 Å². The van der Waals surface area contributed by atoms with Crippen molar-refractivity contribution in [3.05, 3.63) is 102 Å². The Kier molecular flexibility index (Phi) is 13.8. The summed E-state index contributed by atoms with van der Waals surface area (Å²) in [6.07, 6.45) is 0.172. The molecule has 0 aliphatic heterocycles. The summed E-state index contributed by atoms with van der Waals surface area (Å²) in [6, 6.07) is 24.3. The van der Waals surface area contributed by atoms with Gasteiger partial charge in [0.15, 0.2) is 11.5 Å². The van der Waals surface area contributed by atoms with Crippen molar-refractivity contribution in [2.24, 2.45) is 5.92 Å². The third-order valence-corrected chi connectivity index (χ3v) is 10.1. The largest absolute Gasteiger partial charge is 0.497 e. The third kappa shape index (κ3) is 9.66. The smallest absolute Gasteiger partial charge is 0.265 e. The van der Waals surface area contributed by atoms with Gasteiger partial charge in [0.2, 0.25) is 11.8 Å². The van der Waals surface area contributed by atoms with E-state index in [1.807, 2.05) is 50.2 Å². The van der Waals surface area contributed by atoms with Gasteiger partial charge in [-0.05, 0) is 53.4 Å². The molecule has 0 fully saturated rings. The van der Waals surface area contributed by atoms with Crippen LogP contribution in [0.4, 0.5) is 5.69 Å². The Morgan fingerprint density at radius 3 is 1.96 bits per heavy atom. The number of nitrogens with one attached hydrogen (secondary N) is 1. The van der Waals surface area contributed by atoms with Gasteiger partial charge in [-0.25, -0.2) is 8.42 Å². The van der Waals surface area contributed by atoms with E-state index in [2.05, 4.69) is 5.32 Å². The Labute approximate surface area is 306 Å². The fourth-order valence-electron chi connectivity index (χ4n) is 5.55. The highest BCUT2D eigenvalue weighted by Gasteiger charge is 2.36. The van der Waals surface area contributed by atoms with Crippen LogP contribution in [0.15, 0.2) is 95.9 Å². The molecule has 0 unspecified atom stereocenters. The van der Waals surface area contributed by atoms with Crippen LogP contribution < -0.4 is 33.3 Å². The number of rotatable bonds is 18. The van der Waals surface area contributed by atoms with Crippen molar-refractivity contribution in [2.45, 2.75) is 37.8 Å². The standard InChI is InChI=1S/C39H47N3O9S/c1-27(2)24-40-39(44)34(21-28-12-9-8-10-13-28)41(25-29-14-11-15-30(20-29)47-3)38(43)26-42(33-22-31(48-4)16-18-35(33)49-5)52(45,46)32-17-19-36(50-6)37(23-32)51-7/h8-20,22-23,27,34H,21,24-26H2,1-7H3,(H,40,44)/t34-/m1/s1. The maximum absolute atomic E-state index is 14.9. The molecule has 0 saturated heterocycles. The normalized spacial score (nSPS) is 11.7. The Hall–Kier alpha value is -5.43. The first-order chi connectivity index (χ1) is 24.9. The lowest BCUT2D eigenvalue weighted by Gasteiger charge is -2.34. The van der Waals surface area contributed by atoms with Gasteiger partial charge in [-0.3, -0.25) is 13.9 Å². The Balaban J connectivity index is 1.90. The van der Waals surface area contributed by atoms with Crippen LogP contribution in [0.3, 0.4) is 0 Å². The first-order valence-electron chi connectivity index (χ1n) is 16.7. The van der Waals surface area contributed by atoms with Crippen molar-refractivity contribution in [1.29, 1.82) is 0 Å². The summed E-state index contributed by atoms with van der Waals surface area (Å²) in [4.78, 5) is 30.2. The molecule has 0 heterocycles. The van der Waals surface area contributed by atoms with Gasteiger partial charge < -0.3 is 33.9 Å². The predicted octanol–water partition coefficient (Wildman–Crippen LogP) is 5.34. The fourth-order valence-corrected chi connectivity index (χ4v) is 6.99. The maximum Gasteiger partial charge on any atom is 0.265 e. The average Bonchev–Trinajstić information content (AvgIpc) is 3.16. The molecule has 4 aromatic rings. The molecule has 0 saturated carbocycles. The van der Waals surface area contributed by atoms with Gasteiger partial charge in [0.05, 0.1) is 46.1 Å². The second-order valence-corrected chi connectivity index (χ2v) is 14.1. The lowest BCUT2D eigenvalue weighted by molar-refractivity contribution is -0.140. The zero-order chi connectivity index (χ0) is 37.8. The summed E-state index contributed by atoms with van der Waals surface area (Å²) in [6.45, 7) is 3.61. The number of ether oxygens (including phenoxy) is 5. The number of methoxy groups -OCH3 is 5. The summed E-state index contributed by atoms with van der Waals surface area (Å²) in [7, 11) is 2.72. The van der Waals surface area contributed by atoms with E-state index < -0.39 is 28.5 Å². The highest BCUT2D eigenvalue weighted by atomic mass is 32.2. The molecule has 278 valence electrons. The molecular formula is C39H47N3O9S. The first kappa shape index (κ1) is 39.4. The molecule has 13 heteroatoms. The minimum absolute atomic E-state index is 0.0257. The van der Waals surface area contributed by atoms with Gasteiger partial charge >= 0.3 is 0 Å². The molecule has 2 amide bonds. The molecule has 4 rings (SSSR count). The Bertz CT molecular complexity index is 1920. The van der Waals surface area contributed by atoms with Gasteiger partial charge in [0.1, 0.15) is 29.8 Å². The summed E-state index contributed by atoms with van der Waals surface area (Å²) < 4.78 is 57.6. The van der Waals surface area contributed by atoms with Crippen LogP contribution >= 0.6 is 0 Å². The van der Waals surface area contributed by atoms with Crippen LogP contribution in [0.25, 0.3) is 0 Å². The number of amides is 2. The lowest BCUT2D eigenvalue weighted by atomic mass is 10.0. The Morgan fingerprint density at radius 2 is 1.33 bits per heavy atom. The highest BCUT2D eigenvalue weighted by molar-refractivity contribution is 7.92. The van der Waals surface area contributed by atoms with Crippen LogP contribution in [0.5, 0.6) is 28.7 Å². The van der Waals surface area contributed by atoms with Crippen molar-refractivity contribution < 1.29 is 41.7 Å². The molecule has 0 spiro atoms. The van der Waals surface area contributed by atoms with Gasteiger partial charge in [-0.15, -0.1) is 0 Å². The SMILES string of the molecule is COc1cccc(CN(C(=O)CN(c2cc(OC)ccc2OC)S(=O)(=O)c2ccc(OC)c(OC)c2)[C@H](Cc2ccccc2)C(=O)NCC(C)C)c1. The number of sulfonamides is 1. The second kappa shape index (κ2) is 18.2. The van der Waals surface area contributed by atoms with Gasteiger partial charge in [-0.2, -0.15) is 0 Å². The molecule has 1 N–H and O–H groups in total. The average molecular weight is 734 g/mol. The van der Waals surface area contributed by atoms with E-state index in [9.17, 15) is 18.0 Å². The van der Waals surface area contributed by atoms with E-state index in [1.54, 1.807) is 30.3 Å². The molecule has 0 aliphatic rings. The van der Waals surface area contributed by atoms with Crippen molar-refractivity contribution in [3.63, 3.8) is 0 Å². The number of hydrogen-bond donors (Lipinski definition) is 1. The summed E-state index contributed by atoms with van der Waals surface area (Å²) in [5, 5.41) is 2.99. The minimum Gasteiger partial charge on any atom is -0.497 e. The zero-order valence-corrected chi connectivity index (χ0v) is 31.4. The number of carbonyl (C=O) groups is 2. The molecule has 0 aromatic heterocycles. The summed E-state index contributed by atoms with van der Waals surface area (Å²) in [5.74, 6) is 0.700. The molecule has 0 radical (unpaired) electrons. The minimum atomic E-state index is -4.51. The van der Waals surface area contributed by atoms with Crippen LogP contribution in [-0.4, -0.2) is 79.8 Å². The summed E-state index contributed by atoms with van der Waals surface area (Å²) in [5.41, 5.74) is 1.55. The summed E-state index contributed by atoms with van der Waals surface area (Å²) >= 11 is 0. The van der Waals surface area contributed by atoms with E-state index in [1.165, 1.54) is 64.7 Å². The van der Waals surface area contributed by atoms with E-state index in [0.29, 0.717) is 29.4 Å². The van der Waals surface area contributed by atoms with Crippen LogP contribution in [0.2, 0.25) is 0 Å². The number of hydrogen-bond acceptors (Lipinski definition) is 9. The second-order valence-electron chi connectivity index (χ2n) is 12.3. The molecule has 4 aromatic carbocycles. The van der Waals surface area contributed by atoms with Crippen molar-refractivity contribution >= 4 is 27.5 Å². The van der Waals surface area contributed by atoms with Crippen molar-refractivity contribution in [3.8, 4) is 28.7 Å². The third-order valence-electron chi connectivity index (χ3n) is 8.32. The van der Waals surface area contributed by atoms with E-state index in [4.69, 9.17) is 23.7 Å². The highest BCUT2D eigenvalue weighted by Crippen LogP contribution is 2.38. The van der Waals surface area contributed by atoms with Crippen molar-refractivity contribution in [1.82, 2.24) is 10.2 Å². The molecular weight excluding hydrogens is 687 g/mol. The first-order valence-corrected chi connectivity index (χ1v) is 18.1. The fraction of sp³-hybridized carbons (Fsp3) is 0.333. The molecule has 12 nitrogen and oxygen atoms in total. The van der Waals surface area contributed by atoms with Gasteiger partial charge in [-0.1, -0.05) is 56.3 Å². The van der Waals surface area contributed by atoms with E-state index >= 15 is 0 Å². The number of nitrogens with zero attached hydrogens (tertiary/aromatic N) is 2. The van der Waals surface area contributed by atoms with Crippen LogP contribution in [0, 0.1) is 5.92 Å². The molecule has 0 bridgehead atoms. The van der Waals surface area contributed by atoms with Crippen LogP contribution in [0.1, 0.15) is 25.0 Å². The quantitative estimate of drug-likeness (QED) is 0.144. The van der Waals surface area contributed by atoms with Crippen molar-refractivity contribution in [2.75, 3.05) is 52.9 Å². The number of anilines is 1. The maximum atomic E-state index is 14.9. The number of benzene rings is 4. The van der Waals surface area contributed by atoms with E-state index in [-0.39, 0.29) is 46.9 Å². The van der Waals surface area contributed by atoms with Gasteiger partial charge in [0.25, 0.3) is 10.0 Å². The zero-order valence-electron chi connectivity index (χ0n) is 30.6. The van der Waals surface area contributed by atoms with Gasteiger partial charge in [0, 0.05) is 31.6 Å². The topological polar surface area (TPSA) is 133 Å². The molecule has 52 heavy (non-hydrogen) atoms. The number of carbonyl (C=O) groups excluding carboxylic acids is 2. The monoisotopic (exact) mass is 733 g/mol. The lowest BCUT2D eigenvalue weighted by Crippen LogP contribution is -2.53.